The van der Waals surface area contributed by atoms with Crippen LogP contribution in [0.25, 0.3) is 22.6 Å². The summed E-state index contributed by atoms with van der Waals surface area (Å²) < 4.78 is 39.5. The molecule has 4 rings (SSSR count). The third-order valence-corrected chi connectivity index (χ3v) is 6.40. The molecule has 0 aliphatic rings. The summed E-state index contributed by atoms with van der Waals surface area (Å²) in [5, 5.41) is 6.96. The maximum atomic E-state index is 13.2. The Morgan fingerprint density at radius 2 is 1.87 bits per heavy atom. The molecule has 0 amide bonds. The zero-order valence-electron chi connectivity index (χ0n) is 17.3. The molecule has 31 heavy (non-hydrogen) atoms. The topological polar surface area (TPSA) is 110 Å². The molecule has 9 heteroatoms. The lowest BCUT2D eigenvalue weighted by Crippen LogP contribution is -2.15. The van der Waals surface area contributed by atoms with Gasteiger partial charge in [-0.15, -0.1) is 0 Å². The largest absolute Gasteiger partial charge is 0.445 e. The van der Waals surface area contributed by atoms with E-state index in [1.807, 2.05) is 31.3 Å². The van der Waals surface area contributed by atoms with Crippen molar-refractivity contribution in [2.24, 2.45) is 0 Å². The minimum atomic E-state index is -3.91. The number of nitrogens with zero attached hydrogens (tertiary/aromatic N) is 2. The highest BCUT2D eigenvalue weighted by molar-refractivity contribution is 7.92. The Labute approximate surface area is 180 Å². The Kier molecular flexibility index (Phi) is 5.62. The van der Waals surface area contributed by atoms with Gasteiger partial charge in [0.25, 0.3) is 10.0 Å². The van der Waals surface area contributed by atoms with E-state index in [1.165, 1.54) is 6.26 Å². The first-order chi connectivity index (χ1) is 14.9. The van der Waals surface area contributed by atoms with Crippen LogP contribution in [0.15, 0.2) is 68.8 Å². The van der Waals surface area contributed by atoms with Crippen LogP contribution in [0.4, 0.5) is 5.82 Å². The van der Waals surface area contributed by atoms with Gasteiger partial charge in [0, 0.05) is 23.2 Å². The predicted molar refractivity (Wildman–Crippen MR) is 117 cm³/mol. The van der Waals surface area contributed by atoms with E-state index >= 15 is 0 Å². The van der Waals surface area contributed by atoms with Crippen molar-refractivity contribution in [2.75, 3.05) is 11.8 Å². The molecule has 0 aliphatic carbocycles. The summed E-state index contributed by atoms with van der Waals surface area (Å²) in [6, 6.07) is 12.6. The highest BCUT2D eigenvalue weighted by atomic mass is 32.2. The Bertz CT molecular complexity index is 1310. The third-order valence-electron chi connectivity index (χ3n) is 5.01. The van der Waals surface area contributed by atoms with Gasteiger partial charge in [-0.3, -0.25) is 4.72 Å². The first-order valence-electron chi connectivity index (χ1n) is 9.63. The monoisotopic (exact) mass is 438 g/mol. The van der Waals surface area contributed by atoms with Crippen molar-refractivity contribution >= 4 is 15.8 Å². The highest BCUT2D eigenvalue weighted by Gasteiger charge is 2.23. The van der Waals surface area contributed by atoms with Crippen LogP contribution in [0.3, 0.4) is 0 Å². The number of oxazole rings is 1. The van der Waals surface area contributed by atoms with Crippen LogP contribution in [0, 0.1) is 13.8 Å². The fourth-order valence-corrected chi connectivity index (χ4v) is 4.59. The molecule has 4 aromatic rings. The third kappa shape index (κ3) is 4.10. The standard InChI is InChI=1S/C22H22N4O4S/c1-14-15(2)30-25-21(14)26-31(27,28)20-7-5-4-6-19(20)18-9-8-16(12-17(18)13-23-3)22-24-10-11-29-22/h4-12,23H,13H2,1-3H3,(H,25,26). The van der Waals surface area contributed by atoms with Crippen LogP contribution in [-0.2, 0) is 16.6 Å². The van der Waals surface area contributed by atoms with Crippen molar-refractivity contribution in [1.29, 1.82) is 0 Å². The lowest BCUT2D eigenvalue weighted by molar-refractivity contribution is 0.399. The van der Waals surface area contributed by atoms with Crippen molar-refractivity contribution in [1.82, 2.24) is 15.5 Å². The molecular formula is C22H22N4O4S. The minimum absolute atomic E-state index is 0.149. The van der Waals surface area contributed by atoms with Crippen LogP contribution in [-0.4, -0.2) is 25.6 Å². The molecule has 2 heterocycles. The molecule has 0 aliphatic heterocycles. The van der Waals surface area contributed by atoms with E-state index in [0.717, 1.165) is 16.7 Å². The van der Waals surface area contributed by atoms with Gasteiger partial charge in [-0.25, -0.2) is 13.4 Å². The number of rotatable bonds is 7. The van der Waals surface area contributed by atoms with E-state index in [4.69, 9.17) is 8.94 Å². The highest BCUT2D eigenvalue weighted by Crippen LogP contribution is 2.34. The molecular weight excluding hydrogens is 416 g/mol. The van der Waals surface area contributed by atoms with E-state index in [1.54, 1.807) is 38.2 Å². The van der Waals surface area contributed by atoms with Gasteiger partial charge in [0.05, 0.1) is 11.1 Å². The second-order valence-corrected chi connectivity index (χ2v) is 8.70. The molecule has 160 valence electrons. The summed E-state index contributed by atoms with van der Waals surface area (Å²) in [5.41, 5.74) is 3.74. The molecule has 0 saturated heterocycles. The van der Waals surface area contributed by atoms with Gasteiger partial charge < -0.3 is 14.3 Å². The zero-order chi connectivity index (χ0) is 22.0. The van der Waals surface area contributed by atoms with Gasteiger partial charge in [0.15, 0.2) is 5.82 Å². The summed E-state index contributed by atoms with van der Waals surface area (Å²) in [7, 11) is -2.08. The van der Waals surface area contributed by atoms with E-state index in [-0.39, 0.29) is 10.7 Å². The molecule has 0 spiro atoms. The van der Waals surface area contributed by atoms with E-state index in [0.29, 0.717) is 29.3 Å². The number of hydrogen-bond acceptors (Lipinski definition) is 7. The fourth-order valence-electron chi connectivity index (χ4n) is 3.31. The van der Waals surface area contributed by atoms with Crippen LogP contribution in [0.1, 0.15) is 16.9 Å². The predicted octanol–water partition coefficient (Wildman–Crippen LogP) is 4.13. The van der Waals surface area contributed by atoms with Gasteiger partial charge in [-0.05, 0) is 50.2 Å². The van der Waals surface area contributed by atoms with Gasteiger partial charge in [0.2, 0.25) is 5.89 Å². The molecule has 0 fully saturated rings. The molecule has 8 nitrogen and oxygen atoms in total. The number of nitrogens with one attached hydrogen (secondary N) is 2. The van der Waals surface area contributed by atoms with Crippen molar-refractivity contribution in [2.45, 2.75) is 25.3 Å². The normalized spacial score (nSPS) is 11.6. The van der Waals surface area contributed by atoms with Crippen LogP contribution in [0.5, 0.6) is 0 Å². The first kappa shape index (κ1) is 20.8. The van der Waals surface area contributed by atoms with Crippen LogP contribution in [0.2, 0.25) is 0 Å². The summed E-state index contributed by atoms with van der Waals surface area (Å²) in [4.78, 5) is 4.34. The molecule has 0 radical (unpaired) electrons. The van der Waals surface area contributed by atoms with Crippen molar-refractivity contribution < 1.29 is 17.4 Å². The summed E-state index contributed by atoms with van der Waals surface area (Å²) in [6.07, 6.45) is 3.10. The zero-order valence-corrected chi connectivity index (χ0v) is 18.2. The fraction of sp³-hybridized carbons (Fsp3) is 0.182. The van der Waals surface area contributed by atoms with E-state index < -0.39 is 10.0 Å². The summed E-state index contributed by atoms with van der Waals surface area (Å²) in [5.74, 6) is 1.25. The molecule has 0 atom stereocenters. The molecule has 0 unspecified atom stereocenters. The molecule has 2 aromatic carbocycles. The van der Waals surface area contributed by atoms with Crippen molar-refractivity contribution in [3.8, 4) is 22.6 Å². The van der Waals surface area contributed by atoms with Gasteiger partial charge in [0.1, 0.15) is 12.0 Å². The quantitative estimate of drug-likeness (QED) is 0.446. The molecule has 0 saturated carbocycles. The molecule has 2 N–H and O–H groups in total. The van der Waals surface area contributed by atoms with Crippen molar-refractivity contribution in [3.63, 3.8) is 0 Å². The molecule has 2 aromatic heterocycles. The van der Waals surface area contributed by atoms with Gasteiger partial charge >= 0.3 is 0 Å². The number of benzene rings is 2. The first-order valence-corrected chi connectivity index (χ1v) is 11.1. The van der Waals surface area contributed by atoms with Gasteiger partial charge in [-0.1, -0.05) is 29.4 Å². The number of aromatic nitrogens is 2. The molecule has 0 bridgehead atoms. The van der Waals surface area contributed by atoms with Crippen LogP contribution < -0.4 is 10.0 Å². The van der Waals surface area contributed by atoms with Crippen LogP contribution >= 0.6 is 0 Å². The van der Waals surface area contributed by atoms with E-state index in [2.05, 4.69) is 20.2 Å². The summed E-state index contributed by atoms with van der Waals surface area (Å²) in [6.45, 7) is 4.02. The Hall–Kier alpha value is -3.43. The van der Waals surface area contributed by atoms with E-state index in [9.17, 15) is 8.42 Å². The van der Waals surface area contributed by atoms with Gasteiger partial charge in [-0.2, -0.15) is 0 Å². The maximum absolute atomic E-state index is 13.2. The minimum Gasteiger partial charge on any atom is -0.445 e. The second-order valence-electron chi connectivity index (χ2n) is 7.05. The lowest BCUT2D eigenvalue weighted by atomic mass is 9.97. The Morgan fingerprint density at radius 1 is 1.06 bits per heavy atom. The van der Waals surface area contributed by atoms with Crippen molar-refractivity contribution in [3.05, 3.63) is 71.8 Å². The smallest absolute Gasteiger partial charge is 0.263 e. The number of anilines is 1. The average molecular weight is 439 g/mol. The second kappa shape index (κ2) is 8.37. The number of sulfonamides is 1. The number of aryl methyl sites for hydroxylation is 1. The Morgan fingerprint density at radius 3 is 2.55 bits per heavy atom. The maximum Gasteiger partial charge on any atom is 0.263 e. The lowest BCUT2D eigenvalue weighted by Gasteiger charge is -2.15. The number of hydrogen-bond donors (Lipinski definition) is 2. The summed E-state index contributed by atoms with van der Waals surface area (Å²) >= 11 is 0. The average Bonchev–Trinajstić information content (AvgIpc) is 3.40. The SMILES string of the molecule is CNCc1cc(-c2ncco2)ccc1-c1ccccc1S(=O)(=O)Nc1noc(C)c1C. The Balaban J connectivity index is 1.80.